The summed E-state index contributed by atoms with van der Waals surface area (Å²) in [6, 6.07) is 15.1. The minimum Gasteiger partial charge on any atom is -0.437 e. The molecule has 180 valence electrons. The summed E-state index contributed by atoms with van der Waals surface area (Å²) in [7, 11) is 0. The molecule has 0 unspecified atom stereocenters. The molecule has 1 aromatic heterocycles. The predicted octanol–water partition coefficient (Wildman–Crippen LogP) is 6.62. The Morgan fingerprint density at radius 1 is 0.886 bits per heavy atom. The molecule has 0 aliphatic heterocycles. The van der Waals surface area contributed by atoms with Crippen LogP contribution in [0.25, 0.3) is 10.9 Å². The number of amides is 1. The van der Waals surface area contributed by atoms with Crippen molar-refractivity contribution >= 4 is 28.4 Å². The molecule has 11 heteroatoms. The zero-order chi connectivity index (χ0) is 25.2. The smallest absolute Gasteiger partial charge is 0.416 e. The molecule has 3 aromatic carbocycles. The number of alkyl halides is 5. The number of hydrogen-bond acceptors (Lipinski definition) is 4. The molecule has 1 N–H and O–H groups in total. The molecule has 0 bridgehead atoms. The van der Waals surface area contributed by atoms with Crippen LogP contribution in [0, 0.1) is 0 Å². The molecule has 5 nitrogen and oxygen atoms in total. The monoisotopic (exact) mass is 507 g/mol. The number of fused-ring (bicyclic) bond motifs is 1. The number of carbonyl (C=O) groups is 1. The summed E-state index contributed by atoms with van der Waals surface area (Å²) in [6.07, 6.45) is -4.62. The maximum atomic E-state index is 14.7. The Kier molecular flexibility index (Phi) is 6.58. The van der Waals surface area contributed by atoms with Crippen molar-refractivity contribution in [3.05, 3.63) is 94.5 Å². The van der Waals surface area contributed by atoms with Crippen LogP contribution >= 0.6 is 11.6 Å². The van der Waals surface area contributed by atoms with Crippen LogP contribution in [0.4, 0.5) is 22.0 Å². The third-order valence-corrected chi connectivity index (χ3v) is 5.23. The van der Waals surface area contributed by atoms with Crippen LogP contribution in [0.1, 0.15) is 21.5 Å². The van der Waals surface area contributed by atoms with Crippen molar-refractivity contribution < 1.29 is 31.5 Å². The van der Waals surface area contributed by atoms with Gasteiger partial charge in [-0.1, -0.05) is 48.0 Å². The number of nitrogens with zero attached hydrogens (tertiary/aromatic N) is 2. The summed E-state index contributed by atoms with van der Waals surface area (Å²) in [5, 5.41) is 10.4. The quantitative estimate of drug-likeness (QED) is 0.298. The van der Waals surface area contributed by atoms with Crippen LogP contribution in [-0.2, 0) is 12.1 Å². The van der Waals surface area contributed by atoms with Gasteiger partial charge in [0.15, 0.2) is 0 Å². The molecule has 0 saturated carbocycles. The van der Waals surface area contributed by atoms with Crippen molar-refractivity contribution in [2.45, 2.75) is 12.1 Å². The average Bonchev–Trinajstić information content (AvgIpc) is 2.82. The molecule has 35 heavy (non-hydrogen) atoms. The van der Waals surface area contributed by atoms with E-state index in [1.165, 1.54) is 30.3 Å². The molecule has 0 spiro atoms. The normalized spacial score (nSPS) is 11.9. The number of rotatable bonds is 6. The lowest BCUT2D eigenvalue weighted by atomic mass is 10.1. The number of nitrogens with one attached hydrogen (secondary N) is 1. The molecule has 0 radical (unpaired) electrons. The van der Waals surface area contributed by atoms with Crippen LogP contribution in [0.3, 0.4) is 0 Å². The molecule has 0 fully saturated rings. The van der Waals surface area contributed by atoms with Gasteiger partial charge in [-0.05, 0) is 36.4 Å². The molecule has 4 rings (SSSR count). The van der Waals surface area contributed by atoms with E-state index in [0.717, 1.165) is 30.3 Å². The van der Waals surface area contributed by atoms with Crippen LogP contribution < -0.4 is 10.1 Å². The summed E-state index contributed by atoms with van der Waals surface area (Å²) in [4.78, 5) is 13.0. The predicted molar refractivity (Wildman–Crippen MR) is 119 cm³/mol. The number of benzene rings is 3. The van der Waals surface area contributed by atoms with Gasteiger partial charge in [0, 0.05) is 16.0 Å². The van der Waals surface area contributed by atoms with Crippen molar-refractivity contribution in [1.82, 2.24) is 15.5 Å². The summed E-state index contributed by atoms with van der Waals surface area (Å²) < 4.78 is 74.0. The Bertz CT molecular complexity index is 1380. The minimum absolute atomic E-state index is 0.219. The van der Waals surface area contributed by atoms with Crippen LogP contribution in [0.15, 0.2) is 72.8 Å². The molecule has 0 aliphatic carbocycles. The highest BCUT2D eigenvalue weighted by atomic mass is 35.5. The van der Waals surface area contributed by atoms with Gasteiger partial charge in [-0.25, -0.2) is 0 Å². The zero-order valence-electron chi connectivity index (χ0n) is 17.6. The van der Waals surface area contributed by atoms with Crippen LogP contribution in [-0.4, -0.2) is 22.6 Å². The molecule has 0 aliphatic rings. The van der Waals surface area contributed by atoms with E-state index in [4.69, 9.17) is 16.3 Å². The van der Waals surface area contributed by atoms with Gasteiger partial charge in [0.1, 0.15) is 11.3 Å². The second-order valence-corrected chi connectivity index (χ2v) is 7.86. The molecule has 0 atom stereocenters. The third-order valence-electron chi connectivity index (χ3n) is 4.98. The highest BCUT2D eigenvalue weighted by Crippen LogP contribution is 2.34. The van der Waals surface area contributed by atoms with Gasteiger partial charge in [0.2, 0.25) is 0 Å². The van der Waals surface area contributed by atoms with E-state index in [-0.39, 0.29) is 32.8 Å². The van der Waals surface area contributed by atoms with Gasteiger partial charge in [0.05, 0.1) is 17.6 Å². The molecular weight excluding hydrogens is 493 g/mol. The lowest BCUT2D eigenvalue weighted by molar-refractivity contribution is -0.137. The first-order valence-corrected chi connectivity index (χ1v) is 10.4. The van der Waals surface area contributed by atoms with Gasteiger partial charge >= 0.3 is 6.18 Å². The van der Waals surface area contributed by atoms with Crippen molar-refractivity contribution in [1.29, 1.82) is 0 Å². The number of halogens is 6. The summed E-state index contributed by atoms with van der Waals surface area (Å²) in [5.74, 6) is -5.09. The van der Waals surface area contributed by atoms with Gasteiger partial charge in [-0.2, -0.15) is 22.0 Å². The molecule has 0 saturated heterocycles. The third kappa shape index (κ3) is 5.48. The highest BCUT2D eigenvalue weighted by molar-refractivity contribution is 6.30. The summed E-state index contributed by atoms with van der Waals surface area (Å²) in [5.41, 5.74) is -1.32. The van der Waals surface area contributed by atoms with E-state index in [1.807, 2.05) is 0 Å². The lowest BCUT2D eigenvalue weighted by Crippen LogP contribution is -2.35. The van der Waals surface area contributed by atoms with E-state index in [9.17, 15) is 26.7 Å². The Labute approximate surface area is 200 Å². The largest absolute Gasteiger partial charge is 0.437 e. The van der Waals surface area contributed by atoms with E-state index in [0.29, 0.717) is 0 Å². The summed E-state index contributed by atoms with van der Waals surface area (Å²) in [6.45, 7) is -1.06. The molecule has 1 heterocycles. The van der Waals surface area contributed by atoms with E-state index in [2.05, 4.69) is 15.5 Å². The lowest BCUT2D eigenvalue weighted by Gasteiger charge is -2.18. The highest BCUT2D eigenvalue weighted by Gasteiger charge is 2.33. The van der Waals surface area contributed by atoms with Gasteiger partial charge in [-0.15, -0.1) is 10.2 Å². The van der Waals surface area contributed by atoms with Gasteiger partial charge < -0.3 is 10.1 Å². The maximum absolute atomic E-state index is 14.7. The topological polar surface area (TPSA) is 64.1 Å². The minimum atomic E-state index is -4.62. The fraction of sp³-hybridized carbons (Fsp3) is 0.125. The standard InChI is InChI=1S/C24H15ClF5N3O2/c25-16-10-8-14(9-11-16)23(26,27)13-31-21(34)20-18-6-1-2-7-19(18)32-33-22(20)35-17-5-3-4-15(12-17)24(28,29)30/h1-12H,13H2,(H,31,34). The first-order valence-electron chi connectivity index (χ1n) is 10.1. The fourth-order valence-corrected chi connectivity index (χ4v) is 3.38. The molecule has 4 aromatic rings. The Morgan fingerprint density at radius 2 is 1.60 bits per heavy atom. The van der Waals surface area contributed by atoms with E-state index < -0.39 is 36.0 Å². The Balaban J connectivity index is 1.66. The Morgan fingerprint density at radius 3 is 2.31 bits per heavy atom. The molecule has 1 amide bonds. The maximum Gasteiger partial charge on any atom is 0.416 e. The first kappa shape index (κ1) is 24.3. The Hall–Kier alpha value is -3.79. The second kappa shape index (κ2) is 9.46. The van der Waals surface area contributed by atoms with Crippen LogP contribution in [0.2, 0.25) is 5.02 Å². The number of carbonyl (C=O) groups excluding carboxylic acids is 1. The van der Waals surface area contributed by atoms with Crippen molar-refractivity contribution in [2.75, 3.05) is 6.54 Å². The van der Waals surface area contributed by atoms with Gasteiger partial charge in [0.25, 0.3) is 17.7 Å². The van der Waals surface area contributed by atoms with Gasteiger partial charge in [-0.3, -0.25) is 4.79 Å². The van der Waals surface area contributed by atoms with Crippen molar-refractivity contribution in [3.63, 3.8) is 0 Å². The molecular formula is C24H15ClF5N3O2. The summed E-state index contributed by atoms with van der Waals surface area (Å²) >= 11 is 5.74. The SMILES string of the molecule is O=C(NCC(F)(F)c1ccc(Cl)cc1)c1c(Oc2cccc(C(F)(F)F)c2)nnc2ccccc12. The average molecular weight is 508 g/mol. The van der Waals surface area contributed by atoms with Crippen LogP contribution in [0.5, 0.6) is 11.6 Å². The zero-order valence-corrected chi connectivity index (χ0v) is 18.4. The second-order valence-electron chi connectivity index (χ2n) is 7.42. The van der Waals surface area contributed by atoms with Crippen molar-refractivity contribution in [2.24, 2.45) is 0 Å². The van der Waals surface area contributed by atoms with Crippen molar-refractivity contribution in [3.8, 4) is 11.6 Å². The number of ether oxygens (including phenoxy) is 1. The van der Waals surface area contributed by atoms with E-state index >= 15 is 0 Å². The first-order chi connectivity index (χ1) is 16.5. The number of hydrogen-bond donors (Lipinski definition) is 1. The number of aromatic nitrogens is 2. The van der Waals surface area contributed by atoms with E-state index in [1.54, 1.807) is 12.1 Å². The fourth-order valence-electron chi connectivity index (χ4n) is 3.25.